The van der Waals surface area contributed by atoms with Gasteiger partial charge in [0.05, 0.1) is 11.3 Å². The van der Waals surface area contributed by atoms with Crippen molar-refractivity contribution in [3.8, 4) is 6.07 Å². The summed E-state index contributed by atoms with van der Waals surface area (Å²) in [6.07, 6.45) is 0. The quantitative estimate of drug-likeness (QED) is 0.830. The van der Waals surface area contributed by atoms with Gasteiger partial charge in [0.1, 0.15) is 11.9 Å². The molecule has 2 aromatic carbocycles. The van der Waals surface area contributed by atoms with Gasteiger partial charge in [-0.15, -0.1) is 0 Å². The van der Waals surface area contributed by atoms with Crippen molar-refractivity contribution in [3.05, 3.63) is 58.3 Å². The molecule has 4 heteroatoms. The standard InChI is InChI=1S/C14H10BrFN2/c1-18(13-4-2-3-12(16)8-13)14-6-5-11(15)7-10(14)9-17/h2-8H,1H3. The summed E-state index contributed by atoms with van der Waals surface area (Å²) in [6.45, 7) is 0. The molecule has 2 rings (SSSR count). The monoisotopic (exact) mass is 304 g/mol. The van der Waals surface area contributed by atoms with Crippen LogP contribution in [-0.4, -0.2) is 7.05 Å². The lowest BCUT2D eigenvalue weighted by Gasteiger charge is -2.20. The fraction of sp³-hybridized carbons (Fsp3) is 0.0714. The van der Waals surface area contributed by atoms with E-state index in [4.69, 9.17) is 5.26 Å². The number of nitriles is 1. The molecule has 0 aliphatic heterocycles. The lowest BCUT2D eigenvalue weighted by molar-refractivity contribution is 0.628. The second-order valence-electron chi connectivity index (χ2n) is 3.81. The summed E-state index contributed by atoms with van der Waals surface area (Å²) in [5, 5.41) is 9.12. The molecule has 0 N–H and O–H groups in total. The molecular formula is C14H10BrFN2. The summed E-state index contributed by atoms with van der Waals surface area (Å²) in [4.78, 5) is 1.79. The minimum atomic E-state index is -0.296. The van der Waals surface area contributed by atoms with Gasteiger partial charge in [-0.3, -0.25) is 0 Å². The van der Waals surface area contributed by atoms with Crippen molar-refractivity contribution in [2.75, 3.05) is 11.9 Å². The van der Waals surface area contributed by atoms with Crippen molar-refractivity contribution in [1.29, 1.82) is 5.26 Å². The maximum absolute atomic E-state index is 13.2. The molecule has 0 aliphatic rings. The van der Waals surface area contributed by atoms with Crippen LogP contribution in [0.2, 0.25) is 0 Å². The van der Waals surface area contributed by atoms with Crippen LogP contribution in [0.4, 0.5) is 15.8 Å². The first-order valence-corrected chi connectivity index (χ1v) is 6.10. The molecule has 2 aromatic rings. The Labute approximate surface area is 113 Å². The number of anilines is 2. The fourth-order valence-corrected chi connectivity index (χ4v) is 2.08. The SMILES string of the molecule is CN(c1cccc(F)c1)c1ccc(Br)cc1C#N. The Balaban J connectivity index is 2.46. The van der Waals surface area contributed by atoms with E-state index in [9.17, 15) is 4.39 Å². The van der Waals surface area contributed by atoms with Crippen LogP contribution in [0.3, 0.4) is 0 Å². The Morgan fingerprint density at radius 2 is 2.00 bits per heavy atom. The molecule has 0 saturated carbocycles. The van der Waals surface area contributed by atoms with Gasteiger partial charge in [0.15, 0.2) is 0 Å². The first kappa shape index (κ1) is 12.6. The number of benzene rings is 2. The van der Waals surface area contributed by atoms with Crippen LogP contribution < -0.4 is 4.90 Å². The maximum Gasteiger partial charge on any atom is 0.125 e. The molecule has 0 spiro atoms. The van der Waals surface area contributed by atoms with Gasteiger partial charge in [-0.25, -0.2) is 4.39 Å². The minimum Gasteiger partial charge on any atom is -0.343 e. The van der Waals surface area contributed by atoms with Gasteiger partial charge in [0.25, 0.3) is 0 Å². The van der Waals surface area contributed by atoms with Crippen molar-refractivity contribution >= 4 is 27.3 Å². The highest BCUT2D eigenvalue weighted by atomic mass is 79.9. The molecule has 0 heterocycles. The maximum atomic E-state index is 13.2. The minimum absolute atomic E-state index is 0.296. The predicted molar refractivity (Wildman–Crippen MR) is 73.3 cm³/mol. The van der Waals surface area contributed by atoms with E-state index in [1.807, 2.05) is 12.1 Å². The summed E-state index contributed by atoms with van der Waals surface area (Å²) in [7, 11) is 1.80. The van der Waals surface area contributed by atoms with Crippen molar-refractivity contribution in [2.24, 2.45) is 0 Å². The Morgan fingerprint density at radius 1 is 1.22 bits per heavy atom. The Bertz CT molecular complexity index is 619. The van der Waals surface area contributed by atoms with E-state index < -0.39 is 0 Å². The lowest BCUT2D eigenvalue weighted by atomic mass is 10.1. The molecule has 18 heavy (non-hydrogen) atoms. The highest BCUT2D eigenvalue weighted by Gasteiger charge is 2.10. The molecule has 0 aliphatic carbocycles. The third kappa shape index (κ3) is 2.52. The van der Waals surface area contributed by atoms with Crippen LogP contribution in [0.1, 0.15) is 5.56 Å². The van der Waals surface area contributed by atoms with Gasteiger partial charge in [-0.05, 0) is 36.4 Å². The van der Waals surface area contributed by atoms with Crippen molar-refractivity contribution in [2.45, 2.75) is 0 Å². The molecule has 0 amide bonds. The molecule has 0 aromatic heterocycles. The lowest BCUT2D eigenvalue weighted by Crippen LogP contribution is -2.11. The highest BCUT2D eigenvalue weighted by molar-refractivity contribution is 9.10. The average molecular weight is 305 g/mol. The Kier molecular flexibility index (Phi) is 3.63. The summed E-state index contributed by atoms with van der Waals surface area (Å²) in [5.41, 5.74) is 1.98. The Morgan fingerprint density at radius 3 is 2.67 bits per heavy atom. The third-order valence-electron chi connectivity index (χ3n) is 2.64. The van der Waals surface area contributed by atoms with E-state index in [0.29, 0.717) is 11.3 Å². The molecule has 0 atom stereocenters. The largest absolute Gasteiger partial charge is 0.343 e. The van der Waals surface area contributed by atoms with Gasteiger partial charge in [0.2, 0.25) is 0 Å². The van der Waals surface area contributed by atoms with Crippen LogP contribution >= 0.6 is 15.9 Å². The molecule has 0 bridgehead atoms. The molecule has 0 radical (unpaired) electrons. The second kappa shape index (κ2) is 5.19. The molecule has 90 valence electrons. The molecular weight excluding hydrogens is 295 g/mol. The Hall–Kier alpha value is -1.86. The average Bonchev–Trinajstić information content (AvgIpc) is 2.37. The first-order valence-electron chi connectivity index (χ1n) is 5.31. The van der Waals surface area contributed by atoms with E-state index >= 15 is 0 Å². The third-order valence-corrected chi connectivity index (χ3v) is 3.13. The summed E-state index contributed by atoms with van der Waals surface area (Å²) < 4.78 is 14.0. The smallest absolute Gasteiger partial charge is 0.125 e. The van der Waals surface area contributed by atoms with Gasteiger partial charge in [0, 0.05) is 17.2 Å². The van der Waals surface area contributed by atoms with Crippen molar-refractivity contribution in [3.63, 3.8) is 0 Å². The predicted octanol–water partition coefficient (Wildman–Crippen LogP) is 4.23. The normalized spacial score (nSPS) is 9.89. The summed E-state index contributed by atoms with van der Waals surface area (Å²) in [5.74, 6) is -0.296. The molecule has 0 fully saturated rings. The highest BCUT2D eigenvalue weighted by Crippen LogP contribution is 2.29. The second-order valence-corrected chi connectivity index (χ2v) is 4.73. The van der Waals surface area contributed by atoms with Gasteiger partial charge in [-0.1, -0.05) is 22.0 Å². The topological polar surface area (TPSA) is 27.0 Å². The van der Waals surface area contributed by atoms with Gasteiger partial charge < -0.3 is 4.90 Å². The van der Waals surface area contributed by atoms with Crippen LogP contribution in [0.25, 0.3) is 0 Å². The van der Waals surface area contributed by atoms with Crippen LogP contribution in [0.5, 0.6) is 0 Å². The molecule has 2 nitrogen and oxygen atoms in total. The van der Waals surface area contributed by atoms with E-state index in [-0.39, 0.29) is 5.82 Å². The van der Waals surface area contributed by atoms with E-state index in [1.165, 1.54) is 12.1 Å². The van der Waals surface area contributed by atoms with Crippen molar-refractivity contribution in [1.82, 2.24) is 0 Å². The number of hydrogen-bond acceptors (Lipinski definition) is 2. The fourth-order valence-electron chi connectivity index (χ4n) is 1.71. The van der Waals surface area contributed by atoms with E-state index in [1.54, 1.807) is 30.1 Å². The first-order chi connectivity index (χ1) is 8.61. The zero-order valence-corrected chi connectivity index (χ0v) is 11.3. The van der Waals surface area contributed by atoms with Gasteiger partial charge >= 0.3 is 0 Å². The zero-order chi connectivity index (χ0) is 13.1. The number of nitrogens with zero attached hydrogens (tertiary/aromatic N) is 2. The number of hydrogen-bond donors (Lipinski definition) is 0. The van der Waals surface area contributed by atoms with Crippen molar-refractivity contribution < 1.29 is 4.39 Å². The molecule has 0 unspecified atom stereocenters. The zero-order valence-electron chi connectivity index (χ0n) is 9.69. The van der Waals surface area contributed by atoms with Crippen LogP contribution in [0.15, 0.2) is 46.9 Å². The van der Waals surface area contributed by atoms with E-state index in [0.717, 1.165) is 10.2 Å². The summed E-state index contributed by atoms with van der Waals surface area (Å²) in [6, 6.07) is 13.8. The number of halogens is 2. The van der Waals surface area contributed by atoms with Crippen LogP contribution in [0, 0.1) is 17.1 Å². The van der Waals surface area contributed by atoms with Gasteiger partial charge in [-0.2, -0.15) is 5.26 Å². The van der Waals surface area contributed by atoms with E-state index in [2.05, 4.69) is 22.0 Å². The number of rotatable bonds is 2. The van der Waals surface area contributed by atoms with Crippen LogP contribution in [-0.2, 0) is 0 Å². The molecule has 0 saturated heterocycles. The summed E-state index contributed by atoms with van der Waals surface area (Å²) >= 11 is 3.32.